The summed E-state index contributed by atoms with van der Waals surface area (Å²) < 4.78 is 5.82. The third kappa shape index (κ3) is 3.16. The summed E-state index contributed by atoms with van der Waals surface area (Å²) in [7, 11) is 1.88. The summed E-state index contributed by atoms with van der Waals surface area (Å²) in [5.74, 6) is 1.39. The van der Waals surface area contributed by atoms with Crippen LogP contribution < -0.4 is 10.1 Å². The van der Waals surface area contributed by atoms with Gasteiger partial charge in [0.1, 0.15) is 11.5 Å². The molecule has 0 atom stereocenters. The molecule has 0 aliphatic heterocycles. The van der Waals surface area contributed by atoms with Crippen LogP contribution >= 0.6 is 23.2 Å². The zero-order chi connectivity index (χ0) is 13.0. The van der Waals surface area contributed by atoms with Gasteiger partial charge in [-0.3, -0.25) is 0 Å². The number of benzene rings is 2. The minimum atomic E-state index is 0.595. The Kier molecular flexibility index (Phi) is 4.48. The number of hydrogen-bond donors (Lipinski definition) is 1. The largest absolute Gasteiger partial charge is 0.455 e. The molecule has 18 heavy (non-hydrogen) atoms. The van der Waals surface area contributed by atoms with Crippen molar-refractivity contribution >= 4 is 23.2 Å². The Labute approximate surface area is 116 Å². The zero-order valence-corrected chi connectivity index (χ0v) is 11.4. The van der Waals surface area contributed by atoms with Crippen molar-refractivity contribution in [3.8, 4) is 11.5 Å². The molecule has 94 valence electrons. The molecule has 0 saturated heterocycles. The standard InChI is InChI=1S/C14H13Cl2NO/c1-17-9-10-3-2-4-13(16)14(10)18-12-7-5-11(15)6-8-12/h2-8,17H,9H2,1H3. The summed E-state index contributed by atoms with van der Waals surface area (Å²) in [5.41, 5.74) is 1.01. The summed E-state index contributed by atoms with van der Waals surface area (Å²) in [5, 5.41) is 4.36. The predicted molar refractivity (Wildman–Crippen MR) is 75.7 cm³/mol. The van der Waals surface area contributed by atoms with E-state index < -0.39 is 0 Å². The minimum absolute atomic E-state index is 0.595. The molecule has 0 aliphatic rings. The highest BCUT2D eigenvalue weighted by Gasteiger charge is 2.08. The van der Waals surface area contributed by atoms with Gasteiger partial charge in [-0.25, -0.2) is 0 Å². The van der Waals surface area contributed by atoms with Gasteiger partial charge in [-0.15, -0.1) is 0 Å². The first kappa shape index (κ1) is 13.2. The van der Waals surface area contributed by atoms with Gasteiger partial charge in [0.2, 0.25) is 0 Å². The van der Waals surface area contributed by atoms with Crippen molar-refractivity contribution < 1.29 is 4.74 Å². The zero-order valence-electron chi connectivity index (χ0n) is 9.91. The molecule has 1 N–H and O–H groups in total. The Morgan fingerprint density at radius 2 is 1.78 bits per heavy atom. The molecule has 0 unspecified atom stereocenters. The molecule has 0 fully saturated rings. The van der Waals surface area contributed by atoms with Crippen LogP contribution in [0.15, 0.2) is 42.5 Å². The van der Waals surface area contributed by atoms with Gasteiger partial charge >= 0.3 is 0 Å². The maximum Gasteiger partial charge on any atom is 0.150 e. The lowest BCUT2D eigenvalue weighted by Gasteiger charge is -2.12. The van der Waals surface area contributed by atoms with Crippen LogP contribution in [0, 0.1) is 0 Å². The lowest BCUT2D eigenvalue weighted by molar-refractivity contribution is 0.474. The molecule has 0 spiro atoms. The van der Waals surface area contributed by atoms with E-state index in [1.54, 1.807) is 12.1 Å². The lowest BCUT2D eigenvalue weighted by atomic mass is 10.2. The van der Waals surface area contributed by atoms with E-state index in [2.05, 4.69) is 5.32 Å². The average Bonchev–Trinajstić information content (AvgIpc) is 2.36. The predicted octanol–water partition coefficient (Wildman–Crippen LogP) is 4.51. The van der Waals surface area contributed by atoms with Gasteiger partial charge < -0.3 is 10.1 Å². The fourth-order valence-electron chi connectivity index (χ4n) is 1.62. The monoisotopic (exact) mass is 281 g/mol. The molecule has 0 radical (unpaired) electrons. The molecule has 0 saturated carbocycles. The molecular weight excluding hydrogens is 269 g/mol. The van der Waals surface area contributed by atoms with E-state index in [0.717, 1.165) is 5.56 Å². The summed E-state index contributed by atoms with van der Waals surface area (Å²) in [6.45, 7) is 0.698. The topological polar surface area (TPSA) is 21.3 Å². The fourth-order valence-corrected chi connectivity index (χ4v) is 1.98. The summed E-state index contributed by atoms with van der Waals surface area (Å²) in [6.07, 6.45) is 0. The third-order valence-corrected chi connectivity index (χ3v) is 3.00. The second-order valence-corrected chi connectivity index (χ2v) is 4.66. The summed E-state index contributed by atoms with van der Waals surface area (Å²) in [4.78, 5) is 0. The van der Waals surface area contributed by atoms with Gasteiger partial charge in [0.15, 0.2) is 0 Å². The van der Waals surface area contributed by atoms with E-state index in [0.29, 0.717) is 28.1 Å². The Bertz CT molecular complexity index is 526. The maximum absolute atomic E-state index is 6.17. The van der Waals surface area contributed by atoms with Crippen molar-refractivity contribution in [1.29, 1.82) is 0 Å². The van der Waals surface area contributed by atoms with Crippen LogP contribution in [0.1, 0.15) is 5.56 Å². The van der Waals surface area contributed by atoms with Gasteiger partial charge in [-0.2, -0.15) is 0 Å². The quantitative estimate of drug-likeness (QED) is 0.891. The van der Waals surface area contributed by atoms with E-state index in [-0.39, 0.29) is 0 Å². The van der Waals surface area contributed by atoms with Gasteiger partial charge in [0.25, 0.3) is 0 Å². The van der Waals surface area contributed by atoms with Crippen molar-refractivity contribution in [1.82, 2.24) is 5.32 Å². The number of halogens is 2. The van der Waals surface area contributed by atoms with E-state index in [9.17, 15) is 0 Å². The Morgan fingerprint density at radius 1 is 1.06 bits per heavy atom. The van der Waals surface area contributed by atoms with Crippen LogP contribution in [0.2, 0.25) is 10.0 Å². The van der Waals surface area contributed by atoms with Crippen LogP contribution in [0.25, 0.3) is 0 Å². The minimum Gasteiger partial charge on any atom is -0.455 e. The molecule has 2 nitrogen and oxygen atoms in total. The van der Waals surface area contributed by atoms with Crippen molar-refractivity contribution in [2.24, 2.45) is 0 Å². The van der Waals surface area contributed by atoms with Gasteiger partial charge in [-0.05, 0) is 37.4 Å². The third-order valence-electron chi connectivity index (χ3n) is 2.45. The average molecular weight is 282 g/mol. The molecule has 0 aromatic heterocycles. The van der Waals surface area contributed by atoms with Crippen LogP contribution in [0.3, 0.4) is 0 Å². The van der Waals surface area contributed by atoms with Crippen molar-refractivity contribution in [3.63, 3.8) is 0 Å². The second kappa shape index (κ2) is 6.10. The maximum atomic E-state index is 6.17. The van der Waals surface area contributed by atoms with E-state index in [1.165, 1.54) is 0 Å². The van der Waals surface area contributed by atoms with Gasteiger partial charge in [0, 0.05) is 17.1 Å². The number of ether oxygens (including phenoxy) is 1. The molecule has 2 aromatic rings. The van der Waals surface area contributed by atoms with Crippen LogP contribution in [-0.2, 0) is 6.54 Å². The van der Waals surface area contributed by atoms with Crippen LogP contribution in [-0.4, -0.2) is 7.05 Å². The van der Waals surface area contributed by atoms with Crippen molar-refractivity contribution in [3.05, 3.63) is 58.1 Å². The van der Waals surface area contributed by atoms with Crippen molar-refractivity contribution in [2.75, 3.05) is 7.05 Å². The molecule has 2 aromatic carbocycles. The second-order valence-electron chi connectivity index (χ2n) is 3.81. The van der Waals surface area contributed by atoms with Crippen molar-refractivity contribution in [2.45, 2.75) is 6.54 Å². The first-order chi connectivity index (χ1) is 8.70. The fraction of sp³-hybridized carbons (Fsp3) is 0.143. The molecule has 0 heterocycles. The Hall–Kier alpha value is -1.22. The number of rotatable bonds is 4. The number of para-hydroxylation sites is 1. The Morgan fingerprint density at radius 3 is 2.44 bits per heavy atom. The van der Waals surface area contributed by atoms with Crippen LogP contribution in [0.4, 0.5) is 0 Å². The normalized spacial score (nSPS) is 10.4. The molecule has 4 heteroatoms. The highest BCUT2D eigenvalue weighted by molar-refractivity contribution is 6.32. The van der Waals surface area contributed by atoms with Crippen LogP contribution in [0.5, 0.6) is 11.5 Å². The number of nitrogens with one attached hydrogen (secondary N) is 1. The van der Waals surface area contributed by atoms with Gasteiger partial charge in [-0.1, -0.05) is 35.3 Å². The van der Waals surface area contributed by atoms with E-state index in [4.69, 9.17) is 27.9 Å². The molecule has 0 amide bonds. The first-order valence-corrected chi connectivity index (χ1v) is 6.31. The van der Waals surface area contributed by atoms with E-state index in [1.807, 2.05) is 37.4 Å². The summed E-state index contributed by atoms with van der Waals surface area (Å²) >= 11 is 12.0. The lowest BCUT2D eigenvalue weighted by Crippen LogP contribution is -2.06. The smallest absolute Gasteiger partial charge is 0.150 e. The highest BCUT2D eigenvalue weighted by atomic mass is 35.5. The molecule has 0 aliphatic carbocycles. The summed E-state index contributed by atoms with van der Waals surface area (Å²) in [6, 6.07) is 12.9. The molecule has 2 rings (SSSR count). The highest BCUT2D eigenvalue weighted by Crippen LogP contribution is 2.33. The number of hydrogen-bond acceptors (Lipinski definition) is 2. The first-order valence-electron chi connectivity index (χ1n) is 5.56. The molecule has 0 bridgehead atoms. The van der Waals surface area contributed by atoms with Gasteiger partial charge in [0.05, 0.1) is 5.02 Å². The Balaban J connectivity index is 2.30. The molecular formula is C14H13Cl2NO. The van der Waals surface area contributed by atoms with E-state index >= 15 is 0 Å². The SMILES string of the molecule is CNCc1cccc(Cl)c1Oc1ccc(Cl)cc1.